The molecule has 1 heterocycles. The predicted octanol–water partition coefficient (Wildman–Crippen LogP) is 3.77. The molecule has 4 rings (SSSR count). The van der Waals surface area contributed by atoms with Gasteiger partial charge in [-0.15, -0.1) is 4.40 Å². The number of sulfonamides is 1. The number of nitrogens with two attached hydrogens (primary N) is 2. The van der Waals surface area contributed by atoms with E-state index < -0.39 is 33.8 Å². The van der Waals surface area contributed by atoms with Gasteiger partial charge in [-0.05, 0) is 85.0 Å². The number of carbonyl (C=O) groups is 2. The summed E-state index contributed by atoms with van der Waals surface area (Å²) in [5.74, 6) is -2.08. The third-order valence-electron chi connectivity index (χ3n) is 5.11. The Morgan fingerprint density at radius 1 is 0.789 bits per heavy atom. The smallest absolute Gasteiger partial charge is 0.285 e. The van der Waals surface area contributed by atoms with E-state index >= 15 is 0 Å². The van der Waals surface area contributed by atoms with Crippen LogP contribution in [0.3, 0.4) is 0 Å². The van der Waals surface area contributed by atoms with E-state index in [1.165, 1.54) is 24.3 Å². The summed E-state index contributed by atoms with van der Waals surface area (Å²) in [6.07, 6.45) is 0. The van der Waals surface area contributed by atoms with Crippen LogP contribution in [0.15, 0.2) is 92.3 Å². The van der Waals surface area contributed by atoms with Crippen LogP contribution in [-0.4, -0.2) is 37.3 Å². The highest BCUT2D eigenvalue weighted by Crippen LogP contribution is 2.30. The van der Waals surface area contributed by atoms with E-state index in [4.69, 9.17) is 46.9 Å². The Labute approximate surface area is 232 Å². The SMILES string of the molecule is NC(N)=NS(=O)(=O)c1ccc(N=NC2C(=O)N(c3ccc(Cl)cc3)C(=S)N(c3ccc(Cl)cc3)C2=O)cc1. The van der Waals surface area contributed by atoms with Crippen molar-refractivity contribution in [2.45, 2.75) is 10.9 Å². The van der Waals surface area contributed by atoms with Crippen LogP contribution < -0.4 is 21.3 Å². The minimum Gasteiger partial charge on any atom is -0.369 e. The van der Waals surface area contributed by atoms with Gasteiger partial charge in [0.1, 0.15) is 0 Å². The molecule has 0 radical (unpaired) electrons. The van der Waals surface area contributed by atoms with Gasteiger partial charge in [-0.25, -0.2) is 0 Å². The summed E-state index contributed by atoms with van der Waals surface area (Å²) in [4.78, 5) is 29.0. The third-order valence-corrected chi connectivity index (χ3v) is 7.30. The maximum atomic E-state index is 13.4. The number of hydrogen-bond acceptors (Lipinski definition) is 7. The second-order valence-electron chi connectivity index (χ2n) is 7.69. The van der Waals surface area contributed by atoms with Crippen molar-refractivity contribution in [3.8, 4) is 0 Å². The summed E-state index contributed by atoms with van der Waals surface area (Å²) in [5.41, 5.74) is 11.2. The van der Waals surface area contributed by atoms with Gasteiger partial charge in [0.05, 0.1) is 22.0 Å². The number of benzene rings is 3. The molecule has 4 N–H and O–H groups in total. The molecule has 3 aromatic carbocycles. The summed E-state index contributed by atoms with van der Waals surface area (Å²) >= 11 is 17.5. The first-order chi connectivity index (χ1) is 18.0. The van der Waals surface area contributed by atoms with Crippen molar-refractivity contribution in [2.75, 3.05) is 9.80 Å². The van der Waals surface area contributed by atoms with Crippen molar-refractivity contribution in [2.24, 2.45) is 26.1 Å². The predicted molar refractivity (Wildman–Crippen MR) is 148 cm³/mol. The molecule has 0 saturated carbocycles. The van der Waals surface area contributed by atoms with E-state index in [2.05, 4.69) is 14.6 Å². The van der Waals surface area contributed by atoms with E-state index in [9.17, 15) is 18.0 Å². The van der Waals surface area contributed by atoms with E-state index in [1.54, 1.807) is 48.5 Å². The maximum absolute atomic E-state index is 13.4. The summed E-state index contributed by atoms with van der Waals surface area (Å²) in [5, 5.41) is 8.77. The summed E-state index contributed by atoms with van der Waals surface area (Å²) in [7, 11) is -4.11. The number of carbonyl (C=O) groups excluding carboxylic acids is 2. The molecule has 0 bridgehead atoms. The van der Waals surface area contributed by atoms with Crippen LogP contribution in [0.2, 0.25) is 10.0 Å². The molecule has 15 heteroatoms. The van der Waals surface area contributed by atoms with Gasteiger partial charge >= 0.3 is 0 Å². The van der Waals surface area contributed by atoms with Crippen molar-refractivity contribution in [1.82, 2.24) is 0 Å². The van der Waals surface area contributed by atoms with Crippen molar-refractivity contribution >= 4 is 85.4 Å². The number of nitrogens with zero attached hydrogens (tertiary/aromatic N) is 5. The number of hydrogen-bond donors (Lipinski definition) is 2. The van der Waals surface area contributed by atoms with Crippen LogP contribution in [-0.2, 0) is 19.6 Å². The van der Waals surface area contributed by atoms with Gasteiger partial charge in [0.15, 0.2) is 5.11 Å². The minimum absolute atomic E-state index is 0.0922. The average molecular weight is 590 g/mol. The molecule has 3 aromatic rings. The first kappa shape index (κ1) is 27.1. The van der Waals surface area contributed by atoms with Crippen LogP contribution in [0.4, 0.5) is 17.1 Å². The zero-order chi connectivity index (χ0) is 27.6. The molecule has 0 aliphatic carbocycles. The number of anilines is 2. The second-order valence-corrected chi connectivity index (χ2v) is 10.5. The number of amides is 2. The van der Waals surface area contributed by atoms with Crippen LogP contribution >= 0.6 is 35.4 Å². The fourth-order valence-corrected chi connectivity index (χ4v) is 4.90. The van der Waals surface area contributed by atoms with E-state index in [-0.39, 0.29) is 15.7 Å². The van der Waals surface area contributed by atoms with Crippen LogP contribution in [0.1, 0.15) is 0 Å². The number of azo groups is 1. The molecule has 194 valence electrons. The monoisotopic (exact) mass is 589 g/mol. The highest BCUT2D eigenvalue weighted by Gasteiger charge is 2.45. The molecular formula is C23H17Cl2N7O4S2. The molecule has 0 unspecified atom stereocenters. The Morgan fingerprint density at radius 3 is 1.66 bits per heavy atom. The molecule has 11 nitrogen and oxygen atoms in total. The van der Waals surface area contributed by atoms with Gasteiger partial charge in [-0.3, -0.25) is 19.4 Å². The van der Waals surface area contributed by atoms with Gasteiger partial charge in [0.25, 0.3) is 21.8 Å². The van der Waals surface area contributed by atoms with Crippen LogP contribution in [0.25, 0.3) is 0 Å². The molecule has 1 saturated heterocycles. The topological polar surface area (TPSA) is 164 Å². The van der Waals surface area contributed by atoms with Crippen molar-refractivity contribution in [3.05, 3.63) is 82.8 Å². The number of halogens is 2. The van der Waals surface area contributed by atoms with E-state index in [0.717, 1.165) is 9.80 Å². The van der Waals surface area contributed by atoms with Crippen LogP contribution in [0.5, 0.6) is 0 Å². The van der Waals surface area contributed by atoms with Gasteiger partial charge < -0.3 is 11.5 Å². The fourth-order valence-electron chi connectivity index (χ4n) is 3.39. The van der Waals surface area contributed by atoms with Crippen molar-refractivity contribution in [3.63, 3.8) is 0 Å². The molecule has 1 fully saturated rings. The molecule has 1 aliphatic heterocycles. The number of rotatable bonds is 6. The largest absolute Gasteiger partial charge is 0.369 e. The lowest BCUT2D eigenvalue weighted by molar-refractivity contribution is -0.128. The molecule has 1 aliphatic rings. The van der Waals surface area contributed by atoms with Crippen molar-refractivity contribution in [1.29, 1.82) is 0 Å². The Balaban J connectivity index is 1.71. The quantitative estimate of drug-likeness (QED) is 0.145. The third kappa shape index (κ3) is 5.65. The minimum atomic E-state index is -4.11. The van der Waals surface area contributed by atoms with Gasteiger partial charge in [-0.1, -0.05) is 23.2 Å². The lowest BCUT2D eigenvalue weighted by Crippen LogP contribution is -2.62. The molecular weight excluding hydrogens is 573 g/mol. The lowest BCUT2D eigenvalue weighted by atomic mass is 10.1. The summed E-state index contributed by atoms with van der Waals surface area (Å²) in [6, 6.07) is 16.0. The average Bonchev–Trinajstić information content (AvgIpc) is 2.86. The Kier molecular flexibility index (Phi) is 7.73. The van der Waals surface area contributed by atoms with Gasteiger partial charge in [0.2, 0.25) is 12.0 Å². The molecule has 38 heavy (non-hydrogen) atoms. The fraction of sp³-hybridized carbons (Fsp3) is 0.0435. The molecule has 0 spiro atoms. The van der Waals surface area contributed by atoms with Crippen LogP contribution in [0, 0.1) is 0 Å². The first-order valence-electron chi connectivity index (χ1n) is 10.6. The van der Waals surface area contributed by atoms with Gasteiger partial charge in [0, 0.05) is 10.0 Å². The van der Waals surface area contributed by atoms with Crippen molar-refractivity contribution < 1.29 is 18.0 Å². The summed E-state index contributed by atoms with van der Waals surface area (Å²) < 4.78 is 27.5. The standard InChI is InChI=1S/C23H17Cl2N7O4S2/c24-13-1-7-16(8-2-13)31-20(33)19(21(34)32(23(31)37)17-9-3-14(25)4-10-17)29-28-15-5-11-18(12-6-15)38(35,36)30-22(26)27/h1-12,19H,(H4,26,27,30). The number of guanidine groups is 1. The Morgan fingerprint density at radius 2 is 1.24 bits per heavy atom. The number of thiocarbonyl (C=S) groups is 1. The zero-order valence-corrected chi connectivity index (χ0v) is 22.2. The Hall–Kier alpha value is -3.91. The van der Waals surface area contributed by atoms with E-state index in [0.29, 0.717) is 21.4 Å². The summed E-state index contributed by atoms with van der Waals surface area (Å²) in [6.45, 7) is 0. The molecule has 0 aromatic heterocycles. The Bertz CT molecular complexity index is 1510. The van der Waals surface area contributed by atoms with E-state index in [1.807, 2.05) is 0 Å². The lowest BCUT2D eigenvalue weighted by Gasteiger charge is -2.37. The maximum Gasteiger partial charge on any atom is 0.285 e. The first-order valence-corrected chi connectivity index (χ1v) is 13.2. The second kappa shape index (κ2) is 10.8. The normalized spacial score (nSPS) is 14.8. The molecule has 0 atom stereocenters. The highest BCUT2D eigenvalue weighted by molar-refractivity contribution is 7.90. The molecule has 2 amide bonds. The highest BCUT2D eigenvalue weighted by atomic mass is 35.5. The van der Waals surface area contributed by atoms with Gasteiger partial charge in [-0.2, -0.15) is 18.6 Å². The zero-order valence-electron chi connectivity index (χ0n) is 19.1.